The zero-order valence-electron chi connectivity index (χ0n) is 8.20. The van der Waals surface area contributed by atoms with Gasteiger partial charge in [-0.1, -0.05) is 36.4 Å². The second-order valence-electron chi connectivity index (χ2n) is 3.09. The Kier molecular flexibility index (Phi) is 4.48. The molecule has 0 heterocycles. The molecule has 0 aliphatic carbocycles. The largest absolute Gasteiger partial charge is 0.352 e. The standard InChI is InChI=1S/C12H15NO/c1-2-3-9-12(14)13-10-11-7-5-4-6-8-11/h2,4-8H,1,3,9-10H2,(H,13,14). The molecular formula is C12H15NO. The Hall–Kier alpha value is -1.57. The van der Waals surface area contributed by atoms with Gasteiger partial charge in [-0.25, -0.2) is 0 Å². The van der Waals surface area contributed by atoms with Crippen molar-refractivity contribution < 1.29 is 4.79 Å². The van der Waals surface area contributed by atoms with Gasteiger partial charge in [0.1, 0.15) is 0 Å². The molecule has 14 heavy (non-hydrogen) atoms. The third kappa shape index (κ3) is 3.90. The van der Waals surface area contributed by atoms with Crippen molar-refractivity contribution in [2.45, 2.75) is 19.4 Å². The maximum absolute atomic E-state index is 11.2. The van der Waals surface area contributed by atoms with Crippen LogP contribution in [0, 0.1) is 0 Å². The molecule has 0 fully saturated rings. The van der Waals surface area contributed by atoms with E-state index >= 15 is 0 Å². The summed E-state index contributed by atoms with van der Waals surface area (Å²) < 4.78 is 0. The molecule has 1 aromatic carbocycles. The van der Waals surface area contributed by atoms with E-state index in [9.17, 15) is 4.79 Å². The molecule has 1 N–H and O–H groups in total. The first-order valence-electron chi connectivity index (χ1n) is 4.74. The molecular weight excluding hydrogens is 174 g/mol. The van der Waals surface area contributed by atoms with E-state index in [-0.39, 0.29) is 5.91 Å². The summed E-state index contributed by atoms with van der Waals surface area (Å²) >= 11 is 0. The fourth-order valence-corrected chi connectivity index (χ4v) is 1.12. The van der Waals surface area contributed by atoms with Gasteiger partial charge in [0, 0.05) is 13.0 Å². The Morgan fingerprint density at radius 3 is 2.71 bits per heavy atom. The third-order valence-corrected chi connectivity index (χ3v) is 1.91. The minimum atomic E-state index is 0.0775. The molecule has 1 rings (SSSR count). The summed E-state index contributed by atoms with van der Waals surface area (Å²) in [7, 11) is 0. The molecule has 0 aliphatic heterocycles. The van der Waals surface area contributed by atoms with Crippen molar-refractivity contribution in [2.75, 3.05) is 0 Å². The molecule has 0 radical (unpaired) electrons. The molecule has 0 saturated carbocycles. The van der Waals surface area contributed by atoms with Gasteiger partial charge in [-0.15, -0.1) is 6.58 Å². The Labute approximate surface area is 84.6 Å². The average Bonchev–Trinajstić information content (AvgIpc) is 2.25. The fourth-order valence-electron chi connectivity index (χ4n) is 1.12. The van der Waals surface area contributed by atoms with E-state index in [1.807, 2.05) is 30.3 Å². The third-order valence-electron chi connectivity index (χ3n) is 1.91. The van der Waals surface area contributed by atoms with Crippen LogP contribution in [0.3, 0.4) is 0 Å². The molecule has 1 amide bonds. The van der Waals surface area contributed by atoms with Crippen LogP contribution in [-0.4, -0.2) is 5.91 Å². The van der Waals surface area contributed by atoms with Crippen molar-refractivity contribution in [3.63, 3.8) is 0 Å². The van der Waals surface area contributed by atoms with E-state index in [1.54, 1.807) is 6.08 Å². The highest BCUT2D eigenvalue weighted by atomic mass is 16.1. The molecule has 0 aromatic heterocycles. The van der Waals surface area contributed by atoms with Gasteiger partial charge in [-0.2, -0.15) is 0 Å². The summed E-state index contributed by atoms with van der Waals surface area (Å²) in [6.45, 7) is 4.18. The predicted octanol–water partition coefficient (Wildman–Crippen LogP) is 2.27. The van der Waals surface area contributed by atoms with E-state index < -0.39 is 0 Å². The van der Waals surface area contributed by atoms with Gasteiger partial charge in [-0.05, 0) is 12.0 Å². The molecule has 0 bridgehead atoms. The van der Waals surface area contributed by atoms with Gasteiger partial charge in [0.25, 0.3) is 0 Å². The first-order chi connectivity index (χ1) is 6.83. The molecule has 74 valence electrons. The number of hydrogen-bond acceptors (Lipinski definition) is 1. The quantitative estimate of drug-likeness (QED) is 0.707. The number of amides is 1. The molecule has 2 nitrogen and oxygen atoms in total. The highest BCUT2D eigenvalue weighted by Gasteiger charge is 1.98. The van der Waals surface area contributed by atoms with E-state index in [1.165, 1.54) is 0 Å². The maximum atomic E-state index is 11.2. The first kappa shape index (κ1) is 10.5. The second kappa shape index (κ2) is 5.97. The van der Waals surface area contributed by atoms with E-state index in [4.69, 9.17) is 0 Å². The molecule has 1 aromatic rings. The molecule has 0 saturated heterocycles. The Morgan fingerprint density at radius 2 is 2.07 bits per heavy atom. The summed E-state index contributed by atoms with van der Waals surface area (Å²) in [5.74, 6) is 0.0775. The van der Waals surface area contributed by atoms with Gasteiger partial charge in [0.2, 0.25) is 5.91 Å². The number of carbonyl (C=O) groups excluding carboxylic acids is 1. The lowest BCUT2D eigenvalue weighted by Gasteiger charge is -2.03. The van der Waals surface area contributed by atoms with Gasteiger partial charge < -0.3 is 5.32 Å². The Morgan fingerprint density at radius 1 is 1.36 bits per heavy atom. The van der Waals surface area contributed by atoms with Crippen LogP contribution in [0.15, 0.2) is 43.0 Å². The van der Waals surface area contributed by atoms with Crippen LogP contribution in [0.4, 0.5) is 0 Å². The minimum absolute atomic E-state index is 0.0775. The summed E-state index contributed by atoms with van der Waals surface area (Å²) in [6.07, 6.45) is 3.01. The summed E-state index contributed by atoms with van der Waals surface area (Å²) in [5, 5.41) is 2.85. The number of carbonyl (C=O) groups is 1. The lowest BCUT2D eigenvalue weighted by Crippen LogP contribution is -2.21. The van der Waals surface area contributed by atoms with Crippen molar-refractivity contribution in [1.29, 1.82) is 0 Å². The lowest BCUT2D eigenvalue weighted by atomic mass is 10.2. The number of rotatable bonds is 5. The fraction of sp³-hybridized carbons (Fsp3) is 0.250. The van der Waals surface area contributed by atoms with Crippen LogP contribution in [-0.2, 0) is 11.3 Å². The molecule has 2 heteroatoms. The molecule has 0 aliphatic rings. The van der Waals surface area contributed by atoms with Gasteiger partial charge in [-0.3, -0.25) is 4.79 Å². The number of hydrogen-bond donors (Lipinski definition) is 1. The molecule has 0 atom stereocenters. The zero-order valence-corrected chi connectivity index (χ0v) is 8.20. The topological polar surface area (TPSA) is 29.1 Å². The van der Waals surface area contributed by atoms with E-state index in [2.05, 4.69) is 11.9 Å². The average molecular weight is 189 g/mol. The predicted molar refractivity (Wildman–Crippen MR) is 57.7 cm³/mol. The molecule has 0 unspecified atom stereocenters. The summed E-state index contributed by atoms with van der Waals surface area (Å²) in [6, 6.07) is 9.88. The van der Waals surface area contributed by atoms with E-state index in [0.717, 1.165) is 12.0 Å². The van der Waals surface area contributed by atoms with Crippen LogP contribution < -0.4 is 5.32 Å². The monoisotopic (exact) mass is 189 g/mol. The number of nitrogens with one attached hydrogen (secondary N) is 1. The summed E-state index contributed by atoms with van der Waals surface area (Å²) in [4.78, 5) is 11.2. The lowest BCUT2D eigenvalue weighted by molar-refractivity contribution is -0.121. The van der Waals surface area contributed by atoms with Crippen LogP contribution in [0.1, 0.15) is 18.4 Å². The van der Waals surface area contributed by atoms with E-state index in [0.29, 0.717) is 13.0 Å². The van der Waals surface area contributed by atoms with Gasteiger partial charge in [0.05, 0.1) is 0 Å². The van der Waals surface area contributed by atoms with Crippen molar-refractivity contribution >= 4 is 5.91 Å². The van der Waals surface area contributed by atoms with Crippen molar-refractivity contribution in [3.05, 3.63) is 48.6 Å². The summed E-state index contributed by atoms with van der Waals surface area (Å²) in [5.41, 5.74) is 1.12. The normalized spacial score (nSPS) is 9.43. The van der Waals surface area contributed by atoms with Gasteiger partial charge in [0.15, 0.2) is 0 Å². The van der Waals surface area contributed by atoms with Crippen molar-refractivity contribution in [2.24, 2.45) is 0 Å². The first-order valence-corrected chi connectivity index (χ1v) is 4.74. The minimum Gasteiger partial charge on any atom is -0.352 e. The van der Waals surface area contributed by atoms with Crippen molar-refractivity contribution in [3.8, 4) is 0 Å². The Bertz CT molecular complexity index is 292. The highest BCUT2D eigenvalue weighted by molar-refractivity contribution is 5.75. The SMILES string of the molecule is C=CCCC(=O)NCc1ccccc1. The number of benzene rings is 1. The van der Waals surface area contributed by atoms with Crippen LogP contribution in [0.5, 0.6) is 0 Å². The van der Waals surface area contributed by atoms with Crippen LogP contribution >= 0.6 is 0 Å². The highest BCUT2D eigenvalue weighted by Crippen LogP contribution is 1.98. The van der Waals surface area contributed by atoms with Crippen LogP contribution in [0.2, 0.25) is 0 Å². The number of allylic oxidation sites excluding steroid dienone is 1. The van der Waals surface area contributed by atoms with Crippen molar-refractivity contribution in [1.82, 2.24) is 5.32 Å². The zero-order chi connectivity index (χ0) is 10.2. The van der Waals surface area contributed by atoms with Crippen LogP contribution in [0.25, 0.3) is 0 Å². The Balaban J connectivity index is 2.27. The maximum Gasteiger partial charge on any atom is 0.220 e. The van der Waals surface area contributed by atoms with Gasteiger partial charge >= 0.3 is 0 Å². The smallest absolute Gasteiger partial charge is 0.220 e. The second-order valence-corrected chi connectivity index (χ2v) is 3.09. The molecule has 0 spiro atoms.